The van der Waals surface area contributed by atoms with E-state index in [1.165, 1.54) is 6.20 Å². The summed E-state index contributed by atoms with van der Waals surface area (Å²) in [5.41, 5.74) is 12.6. The SMILES string of the molecule is NC(=O)c1ccc(-c2cc(C(N)=O)ccn2)cc1. The molecule has 0 saturated heterocycles. The molecule has 18 heavy (non-hydrogen) atoms. The summed E-state index contributed by atoms with van der Waals surface area (Å²) in [6.45, 7) is 0. The molecule has 0 aliphatic heterocycles. The molecule has 90 valence electrons. The highest BCUT2D eigenvalue weighted by atomic mass is 16.1. The summed E-state index contributed by atoms with van der Waals surface area (Å²) in [4.78, 5) is 26.1. The van der Waals surface area contributed by atoms with Crippen molar-refractivity contribution >= 4 is 11.8 Å². The zero-order valence-corrected chi connectivity index (χ0v) is 9.46. The lowest BCUT2D eigenvalue weighted by Gasteiger charge is -2.03. The Morgan fingerprint density at radius 3 is 2.06 bits per heavy atom. The Labute approximate surface area is 103 Å². The Bertz CT molecular complexity index is 606. The maximum Gasteiger partial charge on any atom is 0.248 e. The van der Waals surface area contributed by atoms with Crippen LogP contribution in [0.1, 0.15) is 20.7 Å². The Kier molecular flexibility index (Phi) is 3.05. The fourth-order valence-electron chi connectivity index (χ4n) is 1.55. The predicted molar refractivity (Wildman–Crippen MR) is 66.7 cm³/mol. The van der Waals surface area contributed by atoms with Gasteiger partial charge in [-0.05, 0) is 24.3 Å². The zero-order valence-electron chi connectivity index (χ0n) is 9.46. The van der Waals surface area contributed by atoms with Crippen molar-refractivity contribution in [2.24, 2.45) is 11.5 Å². The van der Waals surface area contributed by atoms with Crippen molar-refractivity contribution in [2.45, 2.75) is 0 Å². The quantitative estimate of drug-likeness (QED) is 0.836. The number of pyridine rings is 1. The molecule has 0 unspecified atom stereocenters. The van der Waals surface area contributed by atoms with Crippen LogP contribution in [0, 0.1) is 0 Å². The van der Waals surface area contributed by atoms with E-state index in [2.05, 4.69) is 4.98 Å². The number of benzene rings is 1. The lowest BCUT2D eigenvalue weighted by molar-refractivity contribution is 0.0992. The first-order valence-corrected chi connectivity index (χ1v) is 5.24. The molecule has 1 heterocycles. The van der Waals surface area contributed by atoms with Gasteiger partial charge in [-0.3, -0.25) is 14.6 Å². The molecule has 2 amide bonds. The van der Waals surface area contributed by atoms with Crippen LogP contribution in [0.2, 0.25) is 0 Å². The summed E-state index contributed by atoms with van der Waals surface area (Å²) in [5, 5.41) is 0. The first-order chi connectivity index (χ1) is 8.58. The van der Waals surface area contributed by atoms with Crippen molar-refractivity contribution in [1.82, 2.24) is 4.98 Å². The van der Waals surface area contributed by atoms with Crippen LogP contribution in [0.25, 0.3) is 11.3 Å². The molecule has 1 aromatic carbocycles. The number of rotatable bonds is 3. The van der Waals surface area contributed by atoms with Gasteiger partial charge in [0.15, 0.2) is 0 Å². The number of primary amides is 2. The van der Waals surface area contributed by atoms with Gasteiger partial charge in [0.2, 0.25) is 11.8 Å². The van der Waals surface area contributed by atoms with Crippen LogP contribution in [0.3, 0.4) is 0 Å². The summed E-state index contributed by atoms with van der Waals surface area (Å²) < 4.78 is 0. The van der Waals surface area contributed by atoms with Crippen molar-refractivity contribution in [1.29, 1.82) is 0 Å². The van der Waals surface area contributed by atoms with Gasteiger partial charge < -0.3 is 11.5 Å². The first-order valence-electron chi connectivity index (χ1n) is 5.24. The summed E-state index contributed by atoms with van der Waals surface area (Å²) >= 11 is 0. The van der Waals surface area contributed by atoms with Crippen LogP contribution in [-0.4, -0.2) is 16.8 Å². The fourth-order valence-corrected chi connectivity index (χ4v) is 1.55. The van der Waals surface area contributed by atoms with E-state index in [1.807, 2.05) is 0 Å². The second-order valence-electron chi connectivity index (χ2n) is 3.74. The normalized spacial score (nSPS) is 10.0. The second kappa shape index (κ2) is 4.67. The van der Waals surface area contributed by atoms with E-state index >= 15 is 0 Å². The second-order valence-corrected chi connectivity index (χ2v) is 3.74. The molecule has 0 saturated carbocycles. The zero-order chi connectivity index (χ0) is 13.1. The highest BCUT2D eigenvalue weighted by Crippen LogP contribution is 2.18. The molecule has 2 aromatic rings. The highest BCUT2D eigenvalue weighted by molar-refractivity contribution is 5.94. The molecule has 0 radical (unpaired) electrons. The third-order valence-electron chi connectivity index (χ3n) is 2.51. The Morgan fingerprint density at radius 2 is 1.50 bits per heavy atom. The smallest absolute Gasteiger partial charge is 0.248 e. The largest absolute Gasteiger partial charge is 0.366 e. The molecule has 0 spiro atoms. The fraction of sp³-hybridized carbons (Fsp3) is 0. The van der Waals surface area contributed by atoms with Gasteiger partial charge >= 0.3 is 0 Å². The molecule has 0 atom stereocenters. The Hall–Kier alpha value is -2.69. The monoisotopic (exact) mass is 241 g/mol. The maximum atomic E-state index is 11.1. The first kappa shape index (κ1) is 11.8. The molecule has 5 heteroatoms. The number of nitrogens with zero attached hydrogens (tertiary/aromatic N) is 1. The number of aromatic nitrogens is 1. The summed E-state index contributed by atoms with van der Waals surface area (Å²) in [5.74, 6) is -0.993. The molecule has 0 aliphatic rings. The van der Waals surface area contributed by atoms with Gasteiger partial charge in [0.1, 0.15) is 0 Å². The third-order valence-corrected chi connectivity index (χ3v) is 2.51. The van der Waals surface area contributed by atoms with E-state index in [1.54, 1.807) is 36.4 Å². The number of hydrogen-bond donors (Lipinski definition) is 2. The van der Waals surface area contributed by atoms with Gasteiger partial charge in [-0.15, -0.1) is 0 Å². The summed E-state index contributed by atoms with van der Waals surface area (Å²) in [6.07, 6.45) is 1.51. The van der Waals surface area contributed by atoms with Crippen LogP contribution in [-0.2, 0) is 0 Å². The number of carbonyl (C=O) groups is 2. The van der Waals surface area contributed by atoms with Gasteiger partial charge in [-0.25, -0.2) is 0 Å². The molecule has 1 aromatic heterocycles. The van der Waals surface area contributed by atoms with Crippen LogP contribution in [0.4, 0.5) is 0 Å². The van der Waals surface area contributed by atoms with Crippen LogP contribution >= 0.6 is 0 Å². The standard InChI is InChI=1S/C13H11N3O2/c14-12(17)9-3-1-8(2-4-9)11-7-10(13(15)18)5-6-16-11/h1-7H,(H2,14,17)(H2,15,18). The van der Waals surface area contributed by atoms with Gasteiger partial charge in [-0.2, -0.15) is 0 Å². The molecular weight excluding hydrogens is 230 g/mol. The van der Waals surface area contributed by atoms with Crippen molar-refractivity contribution in [2.75, 3.05) is 0 Å². The predicted octanol–water partition coefficient (Wildman–Crippen LogP) is 0.946. The van der Waals surface area contributed by atoms with E-state index in [9.17, 15) is 9.59 Å². The maximum absolute atomic E-state index is 11.1. The molecule has 4 N–H and O–H groups in total. The Morgan fingerprint density at radius 1 is 0.889 bits per heavy atom. The van der Waals surface area contributed by atoms with Gasteiger partial charge in [-0.1, -0.05) is 12.1 Å². The minimum atomic E-state index is -0.507. The third kappa shape index (κ3) is 2.35. The lowest BCUT2D eigenvalue weighted by Crippen LogP contribution is -2.11. The van der Waals surface area contributed by atoms with Gasteiger partial charge in [0.05, 0.1) is 5.69 Å². The molecular formula is C13H11N3O2. The number of nitrogens with two attached hydrogens (primary N) is 2. The van der Waals surface area contributed by atoms with Crippen molar-refractivity contribution < 1.29 is 9.59 Å². The molecule has 2 rings (SSSR count). The van der Waals surface area contributed by atoms with Gasteiger partial charge in [0.25, 0.3) is 0 Å². The van der Waals surface area contributed by atoms with Crippen LogP contribution in [0.5, 0.6) is 0 Å². The van der Waals surface area contributed by atoms with Crippen molar-refractivity contribution in [3.63, 3.8) is 0 Å². The number of carbonyl (C=O) groups excluding carboxylic acids is 2. The minimum absolute atomic E-state index is 0.388. The minimum Gasteiger partial charge on any atom is -0.366 e. The van der Waals surface area contributed by atoms with Crippen LogP contribution < -0.4 is 11.5 Å². The lowest BCUT2D eigenvalue weighted by atomic mass is 10.1. The molecule has 0 bridgehead atoms. The van der Waals surface area contributed by atoms with E-state index < -0.39 is 11.8 Å². The van der Waals surface area contributed by atoms with E-state index in [0.29, 0.717) is 16.8 Å². The van der Waals surface area contributed by atoms with Crippen molar-refractivity contribution in [3.8, 4) is 11.3 Å². The average Bonchev–Trinajstić information content (AvgIpc) is 2.39. The topological polar surface area (TPSA) is 99.1 Å². The molecule has 0 aliphatic carbocycles. The van der Waals surface area contributed by atoms with Gasteiger partial charge in [0, 0.05) is 22.9 Å². The van der Waals surface area contributed by atoms with E-state index in [4.69, 9.17) is 11.5 Å². The van der Waals surface area contributed by atoms with E-state index in [-0.39, 0.29) is 0 Å². The van der Waals surface area contributed by atoms with E-state index in [0.717, 1.165) is 5.56 Å². The van der Waals surface area contributed by atoms with Crippen LogP contribution in [0.15, 0.2) is 42.6 Å². The average molecular weight is 241 g/mol. The Balaban J connectivity index is 2.39. The highest BCUT2D eigenvalue weighted by Gasteiger charge is 2.05. The summed E-state index contributed by atoms with van der Waals surface area (Å²) in [6, 6.07) is 9.79. The molecule has 0 fully saturated rings. The number of hydrogen-bond acceptors (Lipinski definition) is 3. The molecule has 5 nitrogen and oxygen atoms in total. The number of amides is 2. The summed E-state index contributed by atoms with van der Waals surface area (Å²) in [7, 11) is 0. The van der Waals surface area contributed by atoms with Crippen molar-refractivity contribution in [3.05, 3.63) is 53.7 Å².